The van der Waals surface area contributed by atoms with Crippen molar-refractivity contribution in [3.63, 3.8) is 0 Å². The molecule has 0 saturated carbocycles. The van der Waals surface area contributed by atoms with Crippen molar-refractivity contribution in [1.29, 1.82) is 0 Å². The van der Waals surface area contributed by atoms with Crippen LogP contribution in [0.15, 0.2) is 30.0 Å². The zero-order valence-corrected chi connectivity index (χ0v) is 9.42. The largest absolute Gasteiger partial charge is 0.495 e. The number of aliphatic hydroxyl groups is 1. The Morgan fingerprint density at radius 3 is 2.47 bits per heavy atom. The third-order valence-electron chi connectivity index (χ3n) is 2.27. The zero-order valence-electron chi connectivity index (χ0n) is 7.91. The van der Waals surface area contributed by atoms with Crippen LogP contribution in [0.3, 0.4) is 0 Å². The van der Waals surface area contributed by atoms with E-state index >= 15 is 0 Å². The van der Waals surface area contributed by atoms with Gasteiger partial charge in [0.1, 0.15) is 11.9 Å². The Bertz CT molecular complexity index is 381. The van der Waals surface area contributed by atoms with Crippen LogP contribution in [0.2, 0.25) is 10.0 Å². The Kier molecular flexibility index (Phi) is 3.19. The summed E-state index contributed by atoms with van der Waals surface area (Å²) in [6, 6.07) is 5.13. The van der Waals surface area contributed by atoms with Crippen LogP contribution >= 0.6 is 23.2 Å². The van der Waals surface area contributed by atoms with Gasteiger partial charge >= 0.3 is 0 Å². The highest BCUT2D eigenvalue weighted by Crippen LogP contribution is 2.35. The van der Waals surface area contributed by atoms with Crippen molar-refractivity contribution in [3.8, 4) is 0 Å². The number of ether oxygens (including phenoxy) is 1. The van der Waals surface area contributed by atoms with E-state index in [-0.39, 0.29) is 0 Å². The van der Waals surface area contributed by atoms with Crippen LogP contribution < -0.4 is 0 Å². The summed E-state index contributed by atoms with van der Waals surface area (Å²) in [6.45, 7) is 0.606. The standard InChI is InChI=1S/C11H10Cl2O2/c12-7-3-1-4-8(13)10(7)11(14)9-5-2-6-15-9/h1,3-5,11,14H,2,6H2. The highest BCUT2D eigenvalue weighted by Gasteiger charge is 2.22. The highest BCUT2D eigenvalue weighted by atomic mass is 35.5. The van der Waals surface area contributed by atoms with Gasteiger partial charge in [-0.15, -0.1) is 0 Å². The number of aliphatic hydroxyl groups excluding tert-OH is 1. The molecule has 2 nitrogen and oxygen atoms in total. The van der Waals surface area contributed by atoms with Crippen LogP contribution in [-0.4, -0.2) is 11.7 Å². The van der Waals surface area contributed by atoms with Gasteiger partial charge in [-0.1, -0.05) is 29.3 Å². The van der Waals surface area contributed by atoms with E-state index in [4.69, 9.17) is 27.9 Å². The number of hydrogen-bond acceptors (Lipinski definition) is 2. The van der Waals surface area contributed by atoms with Gasteiger partial charge in [-0.05, 0) is 18.2 Å². The van der Waals surface area contributed by atoms with Gasteiger partial charge in [-0.2, -0.15) is 0 Å². The Labute approximate surface area is 98.1 Å². The molecule has 1 N–H and O–H groups in total. The lowest BCUT2D eigenvalue weighted by atomic mass is 10.1. The van der Waals surface area contributed by atoms with E-state index in [1.54, 1.807) is 18.2 Å². The minimum absolute atomic E-state index is 0.450. The summed E-state index contributed by atoms with van der Waals surface area (Å²) < 4.78 is 5.27. The Morgan fingerprint density at radius 2 is 1.93 bits per heavy atom. The van der Waals surface area contributed by atoms with Crippen LogP contribution in [0, 0.1) is 0 Å². The van der Waals surface area contributed by atoms with E-state index in [1.165, 1.54) is 0 Å². The van der Waals surface area contributed by atoms with Crippen molar-refractivity contribution < 1.29 is 9.84 Å². The first-order valence-electron chi connectivity index (χ1n) is 4.65. The summed E-state index contributed by atoms with van der Waals surface area (Å²) in [5, 5.41) is 10.9. The lowest BCUT2D eigenvalue weighted by Gasteiger charge is -2.15. The van der Waals surface area contributed by atoms with E-state index in [2.05, 4.69) is 0 Å². The van der Waals surface area contributed by atoms with Crippen LogP contribution in [0.4, 0.5) is 0 Å². The van der Waals surface area contributed by atoms with Crippen molar-refractivity contribution in [2.75, 3.05) is 6.61 Å². The molecule has 0 fully saturated rings. The quantitative estimate of drug-likeness (QED) is 0.865. The molecule has 80 valence electrons. The fraction of sp³-hybridized carbons (Fsp3) is 0.273. The minimum Gasteiger partial charge on any atom is -0.495 e. The normalized spacial score (nSPS) is 17.1. The number of benzene rings is 1. The summed E-state index contributed by atoms with van der Waals surface area (Å²) in [4.78, 5) is 0. The molecule has 0 radical (unpaired) electrons. The van der Waals surface area contributed by atoms with Crippen LogP contribution in [0.5, 0.6) is 0 Å². The van der Waals surface area contributed by atoms with Crippen molar-refractivity contribution in [2.45, 2.75) is 12.5 Å². The van der Waals surface area contributed by atoms with Gasteiger partial charge in [-0.25, -0.2) is 0 Å². The maximum Gasteiger partial charge on any atom is 0.139 e. The summed E-state index contributed by atoms with van der Waals surface area (Å²) in [6.07, 6.45) is 1.80. The van der Waals surface area contributed by atoms with Gasteiger partial charge < -0.3 is 9.84 Å². The average molecular weight is 245 g/mol. The zero-order chi connectivity index (χ0) is 10.8. The van der Waals surface area contributed by atoms with Gasteiger partial charge in [0.2, 0.25) is 0 Å². The van der Waals surface area contributed by atoms with Crippen LogP contribution in [0.1, 0.15) is 18.1 Å². The first-order chi connectivity index (χ1) is 7.20. The van der Waals surface area contributed by atoms with E-state index in [9.17, 15) is 5.11 Å². The molecule has 4 heteroatoms. The SMILES string of the molecule is OC(C1=CCCO1)c1c(Cl)cccc1Cl. The summed E-state index contributed by atoms with van der Waals surface area (Å²) in [5.74, 6) is 0.532. The molecule has 1 atom stereocenters. The Hall–Kier alpha value is -0.700. The van der Waals surface area contributed by atoms with Crippen LogP contribution in [0.25, 0.3) is 0 Å². The highest BCUT2D eigenvalue weighted by molar-refractivity contribution is 6.36. The summed E-state index contributed by atoms with van der Waals surface area (Å²) in [5.41, 5.74) is 0.508. The predicted octanol–water partition coefficient (Wildman–Crippen LogP) is 3.33. The molecule has 1 aliphatic heterocycles. The number of rotatable bonds is 2. The Morgan fingerprint density at radius 1 is 1.27 bits per heavy atom. The van der Waals surface area contributed by atoms with Gasteiger partial charge in [0.05, 0.1) is 6.61 Å². The first kappa shape index (κ1) is 10.8. The maximum atomic E-state index is 10.0. The van der Waals surface area contributed by atoms with E-state index in [0.717, 1.165) is 6.42 Å². The lowest BCUT2D eigenvalue weighted by Crippen LogP contribution is -2.03. The Balaban J connectivity index is 2.36. The number of halogens is 2. The number of hydrogen-bond donors (Lipinski definition) is 1. The second kappa shape index (κ2) is 4.44. The van der Waals surface area contributed by atoms with Crippen molar-refractivity contribution in [1.82, 2.24) is 0 Å². The molecule has 0 bridgehead atoms. The smallest absolute Gasteiger partial charge is 0.139 e. The summed E-state index contributed by atoms with van der Waals surface area (Å²) in [7, 11) is 0. The van der Waals surface area contributed by atoms with E-state index < -0.39 is 6.10 Å². The fourth-order valence-corrected chi connectivity index (χ4v) is 2.15. The van der Waals surface area contributed by atoms with Crippen molar-refractivity contribution >= 4 is 23.2 Å². The molecular formula is C11H10Cl2O2. The predicted molar refractivity (Wildman–Crippen MR) is 60.1 cm³/mol. The van der Waals surface area contributed by atoms with Gasteiger partial charge in [0, 0.05) is 22.0 Å². The minimum atomic E-state index is -0.867. The molecule has 1 aliphatic rings. The molecule has 0 amide bonds. The molecule has 1 aromatic carbocycles. The molecule has 0 aromatic heterocycles. The average Bonchev–Trinajstić information content (AvgIpc) is 2.69. The van der Waals surface area contributed by atoms with E-state index in [1.807, 2.05) is 6.08 Å². The van der Waals surface area contributed by atoms with Crippen molar-refractivity contribution in [2.24, 2.45) is 0 Å². The fourth-order valence-electron chi connectivity index (χ4n) is 1.54. The van der Waals surface area contributed by atoms with Gasteiger partial charge in [0.15, 0.2) is 0 Å². The molecule has 1 heterocycles. The molecular weight excluding hydrogens is 235 g/mol. The second-order valence-corrected chi connectivity index (χ2v) is 4.10. The molecule has 0 spiro atoms. The topological polar surface area (TPSA) is 29.5 Å². The van der Waals surface area contributed by atoms with E-state index in [0.29, 0.717) is 28.0 Å². The molecule has 2 rings (SSSR count). The maximum absolute atomic E-state index is 10.0. The molecule has 15 heavy (non-hydrogen) atoms. The third-order valence-corrected chi connectivity index (χ3v) is 2.93. The summed E-state index contributed by atoms with van der Waals surface area (Å²) >= 11 is 12.0. The van der Waals surface area contributed by atoms with Crippen molar-refractivity contribution in [3.05, 3.63) is 45.6 Å². The monoisotopic (exact) mass is 244 g/mol. The molecule has 0 saturated heterocycles. The van der Waals surface area contributed by atoms with Gasteiger partial charge in [0.25, 0.3) is 0 Å². The van der Waals surface area contributed by atoms with Crippen LogP contribution in [-0.2, 0) is 4.74 Å². The molecule has 1 unspecified atom stereocenters. The first-order valence-corrected chi connectivity index (χ1v) is 5.40. The molecule has 0 aliphatic carbocycles. The third kappa shape index (κ3) is 2.12. The second-order valence-electron chi connectivity index (χ2n) is 3.28. The molecule has 1 aromatic rings. The van der Waals surface area contributed by atoms with Gasteiger partial charge in [-0.3, -0.25) is 0 Å². The lowest BCUT2D eigenvalue weighted by molar-refractivity contribution is 0.119.